The Labute approximate surface area is 206 Å². The summed E-state index contributed by atoms with van der Waals surface area (Å²) in [5, 5.41) is 10.7. The van der Waals surface area contributed by atoms with E-state index in [1.54, 1.807) is 0 Å². The van der Waals surface area contributed by atoms with Crippen molar-refractivity contribution < 1.29 is 57.5 Å². The fourth-order valence-electron chi connectivity index (χ4n) is 3.26. The molecule has 4 aliphatic heterocycles. The van der Waals surface area contributed by atoms with Gasteiger partial charge in [-0.1, -0.05) is 0 Å². The fraction of sp³-hybridized carbons (Fsp3) is 0.762. The molecule has 3 unspecified atom stereocenters. The maximum atomic E-state index is 13.0. The third-order valence-corrected chi connectivity index (χ3v) is 5.66. The molecule has 3 atom stereocenters. The molecule has 200 valence electrons. The standard InChI is InChI=1S/C21H29N3O12/c25-16(34-10-13-7-31-13)1-4-22-19(28)23(5-2-17(26)35-11-14-8-32-14)21(30)24(20(22)29)6-3-18(27)36-12-15-9-33-15/h13-15,19,28H,1-12H2. The number of hydrogen-bond acceptors (Lipinski definition) is 12. The number of rotatable bonds is 15. The SMILES string of the molecule is O=C(CCN1C(=O)N(CCC(=O)OCC2CO2)C(O)N(CCC(=O)OCC2CO2)C1=O)OCC1CO1. The van der Waals surface area contributed by atoms with Crippen LogP contribution in [0.5, 0.6) is 0 Å². The molecule has 1 N–H and O–H groups in total. The molecule has 0 aromatic carbocycles. The van der Waals surface area contributed by atoms with Crippen LogP contribution in [-0.4, -0.2) is 134 Å². The van der Waals surface area contributed by atoms with Gasteiger partial charge < -0.3 is 33.5 Å². The quantitative estimate of drug-likeness (QED) is 0.150. The summed E-state index contributed by atoms with van der Waals surface area (Å²) in [6.07, 6.45) is -2.91. The first-order chi connectivity index (χ1) is 17.3. The Balaban J connectivity index is 1.33. The molecular weight excluding hydrogens is 486 g/mol. The van der Waals surface area contributed by atoms with Gasteiger partial charge in [0.1, 0.15) is 38.1 Å². The van der Waals surface area contributed by atoms with Crippen molar-refractivity contribution in [2.75, 3.05) is 59.3 Å². The number of carbonyl (C=O) groups is 5. The number of ether oxygens (including phenoxy) is 6. The lowest BCUT2D eigenvalue weighted by Gasteiger charge is -2.44. The Kier molecular flexibility index (Phi) is 8.56. The molecule has 0 aromatic heterocycles. The smallest absolute Gasteiger partial charge is 0.331 e. The topological polar surface area (TPSA) is 181 Å². The van der Waals surface area contributed by atoms with Crippen molar-refractivity contribution in [1.29, 1.82) is 0 Å². The van der Waals surface area contributed by atoms with E-state index in [2.05, 4.69) is 0 Å². The Morgan fingerprint density at radius 1 is 0.694 bits per heavy atom. The zero-order chi connectivity index (χ0) is 25.7. The maximum Gasteiger partial charge on any atom is 0.331 e. The predicted octanol–water partition coefficient (Wildman–Crippen LogP) is -1.58. The number of hydrogen-bond donors (Lipinski definition) is 1. The van der Waals surface area contributed by atoms with Crippen LogP contribution in [0.25, 0.3) is 0 Å². The Hall–Kier alpha value is -3.01. The third-order valence-electron chi connectivity index (χ3n) is 5.66. The van der Waals surface area contributed by atoms with E-state index in [0.717, 1.165) is 14.7 Å². The summed E-state index contributed by atoms with van der Waals surface area (Å²) in [5.74, 6) is -1.86. The highest BCUT2D eigenvalue weighted by atomic mass is 16.6. The number of imide groups is 1. The number of epoxide rings is 3. The highest BCUT2D eigenvalue weighted by Crippen LogP contribution is 2.20. The van der Waals surface area contributed by atoms with Crippen LogP contribution in [0.2, 0.25) is 0 Å². The molecule has 15 heteroatoms. The van der Waals surface area contributed by atoms with E-state index in [1.165, 1.54) is 0 Å². The van der Waals surface area contributed by atoms with E-state index < -0.39 is 36.3 Å². The third kappa shape index (κ3) is 7.74. The van der Waals surface area contributed by atoms with Gasteiger partial charge >= 0.3 is 30.0 Å². The summed E-state index contributed by atoms with van der Waals surface area (Å²) in [5.41, 5.74) is 0. The fourth-order valence-corrected chi connectivity index (χ4v) is 3.26. The second-order valence-electron chi connectivity index (χ2n) is 8.62. The van der Waals surface area contributed by atoms with Crippen molar-refractivity contribution in [2.45, 2.75) is 43.9 Å². The van der Waals surface area contributed by atoms with Crippen molar-refractivity contribution in [1.82, 2.24) is 14.7 Å². The molecule has 0 saturated carbocycles. The number of urea groups is 2. The summed E-state index contributed by atoms with van der Waals surface area (Å²) in [6.45, 7) is 0.930. The van der Waals surface area contributed by atoms with Gasteiger partial charge in [0.05, 0.1) is 39.1 Å². The number of carbonyl (C=O) groups excluding carboxylic acids is 5. The summed E-state index contributed by atoms with van der Waals surface area (Å²) in [6, 6.07) is -1.79. The molecule has 0 aliphatic carbocycles. The lowest BCUT2D eigenvalue weighted by Crippen LogP contribution is -2.66. The first-order valence-corrected chi connectivity index (χ1v) is 11.7. The van der Waals surface area contributed by atoms with Gasteiger partial charge in [0.15, 0.2) is 0 Å². The molecule has 4 rings (SSSR count). The van der Waals surface area contributed by atoms with Crippen LogP contribution in [0.1, 0.15) is 19.3 Å². The minimum Gasteiger partial charge on any atom is -0.463 e. The zero-order valence-electron chi connectivity index (χ0n) is 19.6. The number of aliphatic hydroxyl groups is 1. The van der Waals surface area contributed by atoms with Crippen LogP contribution in [0.3, 0.4) is 0 Å². The highest BCUT2D eigenvalue weighted by molar-refractivity contribution is 5.96. The summed E-state index contributed by atoms with van der Waals surface area (Å²) < 4.78 is 30.0. The number of aliphatic hydroxyl groups excluding tert-OH is 1. The van der Waals surface area contributed by atoms with E-state index >= 15 is 0 Å². The van der Waals surface area contributed by atoms with Gasteiger partial charge in [0, 0.05) is 19.6 Å². The monoisotopic (exact) mass is 515 g/mol. The molecule has 0 aromatic rings. The molecule has 4 amide bonds. The molecular formula is C21H29N3O12. The number of amides is 4. The molecule has 0 spiro atoms. The number of nitrogens with zero attached hydrogens (tertiary/aromatic N) is 3. The van der Waals surface area contributed by atoms with E-state index in [1.807, 2.05) is 0 Å². The molecule has 36 heavy (non-hydrogen) atoms. The highest BCUT2D eigenvalue weighted by Gasteiger charge is 2.43. The van der Waals surface area contributed by atoms with Crippen molar-refractivity contribution in [3.05, 3.63) is 0 Å². The van der Waals surface area contributed by atoms with Gasteiger partial charge in [-0.2, -0.15) is 0 Å². The van der Waals surface area contributed by atoms with E-state index in [9.17, 15) is 29.1 Å². The average molecular weight is 515 g/mol. The van der Waals surface area contributed by atoms with Crippen LogP contribution in [0.15, 0.2) is 0 Å². The molecule has 4 heterocycles. The summed E-state index contributed by atoms with van der Waals surface area (Å²) in [7, 11) is 0. The normalized spacial score (nSPS) is 26.5. The van der Waals surface area contributed by atoms with Gasteiger partial charge in [-0.25, -0.2) is 14.5 Å². The van der Waals surface area contributed by atoms with E-state index in [-0.39, 0.29) is 77.0 Å². The van der Waals surface area contributed by atoms with Crippen LogP contribution in [-0.2, 0) is 42.8 Å². The maximum absolute atomic E-state index is 13.0. The van der Waals surface area contributed by atoms with Crippen LogP contribution in [0, 0.1) is 0 Å². The zero-order valence-corrected chi connectivity index (χ0v) is 19.6. The largest absolute Gasteiger partial charge is 0.463 e. The number of esters is 3. The van der Waals surface area contributed by atoms with Gasteiger partial charge in [-0.05, 0) is 0 Å². The second-order valence-corrected chi connectivity index (χ2v) is 8.62. The lowest BCUT2D eigenvalue weighted by molar-refractivity contribution is -0.146. The van der Waals surface area contributed by atoms with Gasteiger partial charge in [-0.15, -0.1) is 0 Å². The van der Waals surface area contributed by atoms with Gasteiger partial charge in [-0.3, -0.25) is 24.2 Å². The molecule has 15 nitrogen and oxygen atoms in total. The Bertz CT molecular complexity index is 805. The minimum atomic E-state index is -1.74. The summed E-state index contributed by atoms with van der Waals surface area (Å²) >= 11 is 0. The van der Waals surface area contributed by atoms with Crippen LogP contribution >= 0.6 is 0 Å². The Morgan fingerprint density at radius 2 is 1.03 bits per heavy atom. The molecule has 4 fully saturated rings. The van der Waals surface area contributed by atoms with E-state index in [4.69, 9.17) is 28.4 Å². The summed E-state index contributed by atoms with van der Waals surface area (Å²) in [4.78, 5) is 64.6. The first kappa shape index (κ1) is 26.1. The Morgan fingerprint density at radius 3 is 1.36 bits per heavy atom. The van der Waals surface area contributed by atoms with Crippen molar-refractivity contribution in [3.63, 3.8) is 0 Å². The van der Waals surface area contributed by atoms with Crippen molar-refractivity contribution >= 4 is 30.0 Å². The van der Waals surface area contributed by atoms with Crippen LogP contribution in [0.4, 0.5) is 9.59 Å². The van der Waals surface area contributed by atoms with Gasteiger partial charge in [0.2, 0.25) is 6.35 Å². The molecule has 4 saturated heterocycles. The van der Waals surface area contributed by atoms with Crippen LogP contribution < -0.4 is 0 Å². The average Bonchev–Trinajstić information content (AvgIpc) is 3.70. The molecule has 0 radical (unpaired) electrons. The van der Waals surface area contributed by atoms with Crippen molar-refractivity contribution in [2.24, 2.45) is 0 Å². The molecule has 0 bridgehead atoms. The first-order valence-electron chi connectivity index (χ1n) is 11.7. The lowest BCUT2D eigenvalue weighted by atomic mass is 10.3. The molecule has 4 aliphatic rings. The van der Waals surface area contributed by atoms with Crippen molar-refractivity contribution in [3.8, 4) is 0 Å². The minimum absolute atomic E-state index is 0.0830. The van der Waals surface area contributed by atoms with Gasteiger partial charge in [0.25, 0.3) is 0 Å². The predicted molar refractivity (Wildman–Crippen MR) is 113 cm³/mol. The second kappa shape index (κ2) is 11.8. The van der Waals surface area contributed by atoms with E-state index in [0.29, 0.717) is 19.8 Å².